The SMILES string of the molecule is CC(=O)Nc1nc(CN2CCCN(S(C)(=O)=O)CC2)cs1. The van der Waals surface area contributed by atoms with Gasteiger partial charge in [0.05, 0.1) is 11.9 Å². The number of thiazole rings is 1. The summed E-state index contributed by atoms with van der Waals surface area (Å²) in [5, 5.41) is 5.19. The predicted molar refractivity (Wildman–Crippen MR) is 82.7 cm³/mol. The van der Waals surface area contributed by atoms with Gasteiger partial charge in [-0.15, -0.1) is 11.3 Å². The maximum Gasteiger partial charge on any atom is 0.223 e. The highest BCUT2D eigenvalue weighted by Gasteiger charge is 2.21. The van der Waals surface area contributed by atoms with Crippen LogP contribution in [0.5, 0.6) is 0 Å². The molecule has 1 aromatic rings. The van der Waals surface area contributed by atoms with Crippen molar-refractivity contribution in [2.75, 3.05) is 37.8 Å². The molecule has 1 amide bonds. The molecule has 0 saturated carbocycles. The van der Waals surface area contributed by atoms with Crippen LogP contribution in [0, 0.1) is 0 Å². The quantitative estimate of drug-likeness (QED) is 0.871. The summed E-state index contributed by atoms with van der Waals surface area (Å²) in [6.45, 7) is 4.76. The van der Waals surface area contributed by atoms with Crippen LogP contribution in [0.25, 0.3) is 0 Å². The lowest BCUT2D eigenvalue weighted by Crippen LogP contribution is -2.34. The summed E-state index contributed by atoms with van der Waals surface area (Å²) in [5.41, 5.74) is 0.900. The Morgan fingerprint density at radius 2 is 2.14 bits per heavy atom. The molecule has 1 aliphatic rings. The topological polar surface area (TPSA) is 82.6 Å². The van der Waals surface area contributed by atoms with E-state index in [1.54, 1.807) is 0 Å². The molecule has 1 aromatic heterocycles. The van der Waals surface area contributed by atoms with E-state index in [9.17, 15) is 13.2 Å². The van der Waals surface area contributed by atoms with Crippen LogP contribution in [0.15, 0.2) is 5.38 Å². The highest BCUT2D eigenvalue weighted by molar-refractivity contribution is 7.88. The second-order valence-corrected chi connectivity index (χ2v) is 7.96. The molecule has 1 aliphatic heterocycles. The lowest BCUT2D eigenvalue weighted by molar-refractivity contribution is -0.114. The summed E-state index contributed by atoms with van der Waals surface area (Å²) in [4.78, 5) is 17.5. The maximum absolute atomic E-state index is 11.6. The largest absolute Gasteiger partial charge is 0.302 e. The third-order valence-corrected chi connectivity index (χ3v) is 5.35. The highest BCUT2D eigenvalue weighted by atomic mass is 32.2. The summed E-state index contributed by atoms with van der Waals surface area (Å²) in [5.74, 6) is -0.130. The van der Waals surface area contributed by atoms with Gasteiger partial charge in [-0.05, 0) is 13.0 Å². The first kappa shape index (κ1) is 16.3. The number of carbonyl (C=O) groups excluding carboxylic acids is 1. The van der Waals surface area contributed by atoms with Gasteiger partial charge in [0.2, 0.25) is 15.9 Å². The fraction of sp³-hybridized carbons (Fsp3) is 0.667. The van der Waals surface area contributed by atoms with E-state index >= 15 is 0 Å². The van der Waals surface area contributed by atoms with Crippen LogP contribution >= 0.6 is 11.3 Å². The Bertz CT molecular complexity index is 599. The average Bonchev–Trinajstić information content (AvgIpc) is 2.64. The molecule has 1 fully saturated rings. The minimum Gasteiger partial charge on any atom is -0.302 e. The van der Waals surface area contributed by atoms with E-state index in [0.717, 1.165) is 18.7 Å². The number of anilines is 1. The van der Waals surface area contributed by atoms with E-state index in [0.29, 0.717) is 31.3 Å². The van der Waals surface area contributed by atoms with Crippen molar-refractivity contribution in [2.24, 2.45) is 0 Å². The number of sulfonamides is 1. The monoisotopic (exact) mass is 332 g/mol. The average molecular weight is 332 g/mol. The third-order valence-electron chi connectivity index (χ3n) is 3.24. The van der Waals surface area contributed by atoms with Crippen molar-refractivity contribution >= 4 is 32.4 Å². The first-order valence-electron chi connectivity index (χ1n) is 6.74. The molecular weight excluding hydrogens is 312 g/mol. The Kier molecular flexibility index (Phi) is 5.31. The molecule has 0 atom stereocenters. The van der Waals surface area contributed by atoms with Gasteiger partial charge in [-0.1, -0.05) is 0 Å². The molecule has 0 unspecified atom stereocenters. The molecule has 1 saturated heterocycles. The van der Waals surface area contributed by atoms with Crippen LogP contribution in [-0.2, 0) is 21.4 Å². The maximum atomic E-state index is 11.6. The zero-order chi connectivity index (χ0) is 15.5. The predicted octanol–water partition coefficient (Wildman–Crippen LogP) is 0.569. The van der Waals surface area contributed by atoms with Crippen molar-refractivity contribution in [3.63, 3.8) is 0 Å². The summed E-state index contributed by atoms with van der Waals surface area (Å²) in [6.07, 6.45) is 2.07. The van der Waals surface area contributed by atoms with Gasteiger partial charge in [-0.3, -0.25) is 9.69 Å². The second-order valence-electron chi connectivity index (χ2n) is 5.12. The fourth-order valence-corrected chi connectivity index (χ4v) is 3.88. The molecule has 7 nitrogen and oxygen atoms in total. The van der Waals surface area contributed by atoms with Crippen LogP contribution in [0.1, 0.15) is 19.0 Å². The molecule has 2 rings (SSSR count). The van der Waals surface area contributed by atoms with Crippen molar-refractivity contribution in [3.05, 3.63) is 11.1 Å². The van der Waals surface area contributed by atoms with Gasteiger partial charge < -0.3 is 5.32 Å². The van der Waals surface area contributed by atoms with E-state index < -0.39 is 10.0 Å². The Balaban J connectivity index is 1.91. The van der Waals surface area contributed by atoms with Gasteiger partial charge in [0, 0.05) is 38.5 Å². The fourth-order valence-electron chi connectivity index (χ4n) is 2.25. The van der Waals surface area contributed by atoms with Gasteiger partial charge in [0.15, 0.2) is 5.13 Å². The highest BCUT2D eigenvalue weighted by Crippen LogP contribution is 2.17. The van der Waals surface area contributed by atoms with Crippen LogP contribution < -0.4 is 5.32 Å². The van der Waals surface area contributed by atoms with Crippen molar-refractivity contribution in [1.29, 1.82) is 0 Å². The van der Waals surface area contributed by atoms with Crippen LogP contribution in [0.2, 0.25) is 0 Å². The molecule has 0 spiro atoms. The lowest BCUT2D eigenvalue weighted by atomic mass is 10.3. The number of nitrogens with zero attached hydrogens (tertiary/aromatic N) is 3. The molecule has 0 aromatic carbocycles. The number of hydrogen-bond acceptors (Lipinski definition) is 6. The van der Waals surface area contributed by atoms with Gasteiger partial charge >= 0.3 is 0 Å². The van der Waals surface area contributed by atoms with Crippen molar-refractivity contribution in [3.8, 4) is 0 Å². The number of rotatable bonds is 4. The third kappa shape index (κ3) is 5.03. The molecule has 0 radical (unpaired) electrons. The molecular formula is C12H20N4O3S2. The first-order chi connectivity index (χ1) is 9.84. The van der Waals surface area contributed by atoms with Crippen molar-refractivity contribution in [1.82, 2.24) is 14.2 Å². The minimum atomic E-state index is -3.11. The van der Waals surface area contributed by atoms with Gasteiger partial charge in [0.25, 0.3) is 0 Å². The smallest absolute Gasteiger partial charge is 0.223 e. The van der Waals surface area contributed by atoms with Crippen LogP contribution in [-0.4, -0.2) is 60.9 Å². The van der Waals surface area contributed by atoms with Crippen molar-refractivity contribution < 1.29 is 13.2 Å². The molecule has 0 bridgehead atoms. The summed E-state index contributed by atoms with van der Waals surface area (Å²) >= 11 is 1.40. The van der Waals surface area contributed by atoms with E-state index in [1.165, 1.54) is 28.8 Å². The zero-order valence-electron chi connectivity index (χ0n) is 12.2. The standard InChI is InChI=1S/C12H20N4O3S2/c1-10(17)13-12-14-11(9-20-12)8-15-4-3-5-16(7-6-15)21(2,18)19/h9H,3-8H2,1-2H3,(H,13,14,17). The zero-order valence-corrected chi connectivity index (χ0v) is 13.8. The Morgan fingerprint density at radius 1 is 1.38 bits per heavy atom. The van der Waals surface area contributed by atoms with Gasteiger partial charge in [0.1, 0.15) is 0 Å². The Labute approximate surface area is 129 Å². The lowest BCUT2D eigenvalue weighted by Gasteiger charge is -2.19. The molecule has 2 heterocycles. The van der Waals surface area contributed by atoms with Crippen molar-refractivity contribution in [2.45, 2.75) is 19.9 Å². The summed E-state index contributed by atoms with van der Waals surface area (Å²) < 4.78 is 24.7. The number of aromatic nitrogens is 1. The number of hydrogen-bond donors (Lipinski definition) is 1. The first-order valence-corrected chi connectivity index (χ1v) is 9.47. The second kappa shape index (κ2) is 6.82. The van der Waals surface area contributed by atoms with E-state index in [1.807, 2.05) is 5.38 Å². The number of amides is 1. The number of carbonyl (C=O) groups is 1. The van der Waals surface area contributed by atoms with Crippen LogP contribution in [0.4, 0.5) is 5.13 Å². The molecule has 118 valence electrons. The van der Waals surface area contributed by atoms with Gasteiger partial charge in [-0.2, -0.15) is 0 Å². The Morgan fingerprint density at radius 3 is 2.81 bits per heavy atom. The molecule has 21 heavy (non-hydrogen) atoms. The molecule has 0 aliphatic carbocycles. The van der Waals surface area contributed by atoms with E-state index in [2.05, 4.69) is 15.2 Å². The van der Waals surface area contributed by atoms with E-state index in [4.69, 9.17) is 0 Å². The summed E-state index contributed by atoms with van der Waals surface area (Å²) in [7, 11) is -3.11. The Hall–Kier alpha value is -1.03. The van der Waals surface area contributed by atoms with E-state index in [-0.39, 0.29) is 5.91 Å². The summed E-state index contributed by atoms with van der Waals surface area (Å²) in [6, 6.07) is 0. The number of nitrogens with one attached hydrogen (secondary N) is 1. The van der Waals surface area contributed by atoms with Crippen LogP contribution in [0.3, 0.4) is 0 Å². The molecule has 9 heteroatoms. The van der Waals surface area contributed by atoms with Gasteiger partial charge in [-0.25, -0.2) is 17.7 Å². The normalized spacial score (nSPS) is 18.4. The minimum absolute atomic E-state index is 0.130. The molecule has 1 N–H and O–H groups in total.